The quantitative estimate of drug-likeness (QED) is 0.657. The van der Waals surface area contributed by atoms with E-state index in [1.807, 2.05) is 0 Å². The van der Waals surface area contributed by atoms with Gasteiger partial charge in [0.1, 0.15) is 11.6 Å². The Morgan fingerprint density at radius 1 is 1.06 bits per heavy atom. The van der Waals surface area contributed by atoms with Gasteiger partial charge in [0.2, 0.25) is 5.91 Å². The molecule has 5 rings (SSSR count). The fourth-order valence-corrected chi connectivity index (χ4v) is 4.41. The summed E-state index contributed by atoms with van der Waals surface area (Å²) < 4.78 is 13.4. The van der Waals surface area contributed by atoms with E-state index in [1.165, 1.54) is 12.1 Å². The average Bonchev–Trinajstić information content (AvgIpc) is 3.31. The number of aromatic nitrogens is 2. The van der Waals surface area contributed by atoms with E-state index in [-0.39, 0.29) is 42.4 Å². The van der Waals surface area contributed by atoms with Crippen molar-refractivity contribution in [3.63, 3.8) is 0 Å². The number of carbonyl (C=O) groups excluding carboxylic acids is 3. The molecular weight excluding hydrogens is 399 g/mol. The lowest BCUT2D eigenvalue weighted by Crippen LogP contribution is -2.40. The van der Waals surface area contributed by atoms with E-state index < -0.39 is 0 Å². The van der Waals surface area contributed by atoms with E-state index in [4.69, 9.17) is 0 Å². The maximum absolute atomic E-state index is 13.4. The second kappa shape index (κ2) is 7.61. The van der Waals surface area contributed by atoms with Gasteiger partial charge in [0.05, 0.1) is 22.2 Å². The SMILES string of the molecule is O=C(CCN1C(=O)c2ccccc2C1=O)N1CCC(c2nc3ccc(F)cc3[nH]2)CC1. The molecule has 0 atom stereocenters. The van der Waals surface area contributed by atoms with Crippen molar-refractivity contribution >= 4 is 28.8 Å². The molecule has 0 spiro atoms. The number of imide groups is 1. The van der Waals surface area contributed by atoms with Crippen LogP contribution in [0.3, 0.4) is 0 Å². The standard InChI is InChI=1S/C23H21FN4O3/c24-15-5-6-18-19(13-15)26-21(25-18)14-7-10-27(11-8-14)20(29)9-12-28-22(30)16-3-1-2-4-17(16)23(28)31/h1-6,13-14H,7-12H2,(H,25,26). The molecular formula is C23H21FN4O3. The highest BCUT2D eigenvalue weighted by Gasteiger charge is 2.35. The third-order valence-electron chi connectivity index (χ3n) is 6.12. The third kappa shape index (κ3) is 3.48. The molecule has 0 unspecified atom stereocenters. The molecule has 31 heavy (non-hydrogen) atoms. The molecule has 1 saturated heterocycles. The summed E-state index contributed by atoms with van der Waals surface area (Å²) in [5.74, 6) is -0.0563. The first-order valence-electron chi connectivity index (χ1n) is 10.4. The number of fused-ring (bicyclic) bond motifs is 2. The molecule has 1 fully saturated rings. The minimum absolute atomic E-state index is 0.0679. The van der Waals surface area contributed by atoms with Gasteiger partial charge in [0.15, 0.2) is 0 Å². The molecule has 158 valence electrons. The maximum atomic E-state index is 13.4. The maximum Gasteiger partial charge on any atom is 0.261 e. The Hall–Kier alpha value is -3.55. The van der Waals surface area contributed by atoms with Gasteiger partial charge in [-0.05, 0) is 43.2 Å². The number of likely N-dealkylation sites (tertiary alicyclic amines) is 1. The summed E-state index contributed by atoms with van der Waals surface area (Å²) >= 11 is 0. The number of aromatic amines is 1. The number of nitrogens with zero attached hydrogens (tertiary/aromatic N) is 3. The molecule has 2 aromatic carbocycles. The van der Waals surface area contributed by atoms with Gasteiger partial charge in [-0.1, -0.05) is 12.1 Å². The Bertz CT molecular complexity index is 1160. The van der Waals surface area contributed by atoms with Crippen LogP contribution in [-0.2, 0) is 4.79 Å². The van der Waals surface area contributed by atoms with Crippen molar-refractivity contribution in [2.45, 2.75) is 25.2 Å². The first-order chi connectivity index (χ1) is 15.0. The van der Waals surface area contributed by atoms with Crippen LogP contribution >= 0.6 is 0 Å². The smallest absolute Gasteiger partial charge is 0.261 e. The van der Waals surface area contributed by atoms with Crippen molar-refractivity contribution in [1.29, 1.82) is 0 Å². The summed E-state index contributed by atoms with van der Waals surface area (Å²) in [6.07, 6.45) is 1.61. The van der Waals surface area contributed by atoms with Crippen LogP contribution in [0.5, 0.6) is 0 Å². The molecule has 1 N–H and O–H groups in total. The normalized spacial score (nSPS) is 16.9. The van der Waals surface area contributed by atoms with Crippen LogP contribution in [0, 0.1) is 5.82 Å². The summed E-state index contributed by atoms with van der Waals surface area (Å²) in [5, 5.41) is 0. The second-order valence-electron chi connectivity index (χ2n) is 8.00. The monoisotopic (exact) mass is 420 g/mol. The highest BCUT2D eigenvalue weighted by molar-refractivity contribution is 6.21. The summed E-state index contributed by atoms with van der Waals surface area (Å²) in [7, 11) is 0. The number of halogens is 1. The van der Waals surface area contributed by atoms with Gasteiger partial charge in [-0.3, -0.25) is 19.3 Å². The van der Waals surface area contributed by atoms with E-state index in [1.54, 1.807) is 35.2 Å². The van der Waals surface area contributed by atoms with Crippen molar-refractivity contribution in [1.82, 2.24) is 19.8 Å². The van der Waals surface area contributed by atoms with Crippen LogP contribution in [0.25, 0.3) is 11.0 Å². The first kappa shape index (κ1) is 19.4. The van der Waals surface area contributed by atoms with Crippen LogP contribution in [0.1, 0.15) is 51.7 Å². The fourth-order valence-electron chi connectivity index (χ4n) is 4.41. The number of benzene rings is 2. The molecule has 8 heteroatoms. The number of hydrogen-bond donors (Lipinski definition) is 1. The van der Waals surface area contributed by atoms with Crippen LogP contribution in [0.15, 0.2) is 42.5 Å². The third-order valence-corrected chi connectivity index (χ3v) is 6.12. The predicted molar refractivity (Wildman–Crippen MR) is 111 cm³/mol. The number of nitrogens with one attached hydrogen (secondary N) is 1. The van der Waals surface area contributed by atoms with Crippen molar-refractivity contribution in [3.05, 3.63) is 65.2 Å². The van der Waals surface area contributed by atoms with Gasteiger partial charge in [0, 0.05) is 32.0 Å². The Balaban J connectivity index is 1.17. The lowest BCUT2D eigenvalue weighted by atomic mass is 9.96. The summed E-state index contributed by atoms with van der Waals surface area (Å²) in [4.78, 5) is 48.2. The van der Waals surface area contributed by atoms with E-state index >= 15 is 0 Å². The molecule has 0 bridgehead atoms. The molecule has 2 aliphatic heterocycles. The molecule has 3 heterocycles. The number of rotatable bonds is 4. The van der Waals surface area contributed by atoms with Crippen LogP contribution < -0.4 is 0 Å². The molecule has 0 aliphatic carbocycles. The second-order valence-corrected chi connectivity index (χ2v) is 8.00. The minimum atomic E-state index is -0.339. The van der Waals surface area contributed by atoms with Crippen molar-refractivity contribution in [2.24, 2.45) is 0 Å². The van der Waals surface area contributed by atoms with Gasteiger partial charge < -0.3 is 9.88 Å². The highest BCUT2D eigenvalue weighted by atomic mass is 19.1. The van der Waals surface area contributed by atoms with E-state index in [0.29, 0.717) is 29.7 Å². The van der Waals surface area contributed by atoms with Gasteiger partial charge in [-0.15, -0.1) is 0 Å². The van der Waals surface area contributed by atoms with Gasteiger partial charge >= 0.3 is 0 Å². The molecule has 0 saturated carbocycles. The first-order valence-corrected chi connectivity index (χ1v) is 10.4. The number of piperidine rings is 1. The number of imidazole rings is 1. The molecule has 3 aromatic rings. The van der Waals surface area contributed by atoms with Gasteiger partial charge in [-0.25, -0.2) is 9.37 Å². The van der Waals surface area contributed by atoms with Crippen LogP contribution in [0.2, 0.25) is 0 Å². The highest BCUT2D eigenvalue weighted by Crippen LogP contribution is 2.28. The average molecular weight is 420 g/mol. The Labute approximate surface area is 177 Å². The van der Waals surface area contributed by atoms with Crippen LogP contribution in [-0.4, -0.2) is 57.1 Å². The fraction of sp³-hybridized carbons (Fsp3) is 0.304. The zero-order valence-electron chi connectivity index (χ0n) is 16.8. The van der Waals surface area contributed by atoms with Gasteiger partial charge in [0.25, 0.3) is 11.8 Å². The summed E-state index contributed by atoms with van der Waals surface area (Å²) in [6, 6.07) is 11.2. The minimum Gasteiger partial charge on any atom is -0.343 e. The number of carbonyl (C=O) groups is 3. The van der Waals surface area contributed by atoms with Gasteiger partial charge in [-0.2, -0.15) is 0 Å². The zero-order chi connectivity index (χ0) is 21.5. The molecule has 7 nitrogen and oxygen atoms in total. The number of amides is 3. The Morgan fingerprint density at radius 3 is 2.42 bits per heavy atom. The van der Waals surface area contributed by atoms with Crippen molar-refractivity contribution in [3.8, 4) is 0 Å². The topological polar surface area (TPSA) is 86.4 Å². The molecule has 1 aromatic heterocycles. The van der Waals surface area contributed by atoms with Crippen LogP contribution in [0.4, 0.5) is 4.39 Å². The van der Waals surface area contributed by atoms with Crippen molar-refractivity contribution in [2.75, 3.05) is 19.6 Å². The lowest BCUT2D eigenvalue weighted by molar-refractivity contribution is -0.132. The summed E-state index contributed by atoms with van der Waals surface area (Å²) in [6.45, 7) is 1.24. The molecule has 0 radical (unpaired) electrons. The Morgan fingerprint density at radius 2 is 1.74 bits per heavy atom. The number of H-pyrrole nitrogens is 1. The summed E-state index contributed by atoms with van der Waals surface area (Å²) in [5.41, 5.74) is 2.20. The van der Waals surface area contributed by atoms with Crippen molar-refractivity contribution < 1.29 is 18.8 Å². The largest absolute Gasteiger partial charge is 0.343 e. The molecule has 2 aliphatic rings. The van der Waals surface area contributed by atoms with E-state index in [0.717, 1.165) is 29.1 Å². The Kier molecular flexibility index (Phi) is 4.77. The predicted octanol–water partition coefficient (Wildman–Crippen LogP) is 3.09. The lowest BCUT2D eigenvalue weighted by Gasteiger charge is -2.31. The molecule has 3 amide bonds. The van der Waals surface area contributed by atoms with E-state index in [2.05, 4.69) is 9.97 Å². The number of hydrogen-bond acceptors (Lipinski definition) is 4. The van der Waals surface area contributed by atoms with E-state index in [9.17, 15) is 18.8 Å². The zero-order valence-corrected chi connectivity index (χ0v) is 16.8.